The Kier molecular flexibility index (Phi) is 8.46. The minimum atomic E-state index is -3.76. The Morgan fingerprint density at radius 2 is 1.25 bits per heavy atom. The fourth-order valence-corrected chi connectivity index (χ4v) is 2.79. The smallest absolute Gasteiger partial charge is 0.264 e. The van der Waals surface area contributed by atoms with Gasteiger partial charge in [-0.1, -0.05) is 38.2 Å². The Balaban J connectivity index is 1.86. The second kappa shape index (κ2) is 9.88. The lowest BCUT2D eigenvalue weighted by atomic mass is 10.1. The summed E-state index contributed by atoms with van der Waals surface area (Å²) in [4.78, 5) is 0. The van der Waals surface area contributed by atoms with Gasteiger partial charge in [-0.3, -0.25) is 4.55 Å². The van der Waals surface area contributed by atoms with E-state index in [1.165, 1.54) is 25.7 Å². The van der Waals surface area contributed by atoms with Gasteiger partial charge in [-0.25, -0.2) is 4.57 Å². The molecule has 0 bridgehead atoms. The molecule has 0 amide bonds. The maximum atomic E-state index is 10.5. The lowest BCUT2D eigenvalue weighted by molar-refractivity contribution is -0.697. The molecular formula is C15H26NO3S+. The van der Waals surface area contributed by atoms with E-state index in [0.717, 1.165) is 25.8 Å². The number of aromatic nitrogens is 1. The number of aryl methyl sites for hydroxylation is 1. The van der Waals surface area contributed by atoms with Gasteiger partial charge in [-0.15, -0.1) is 0 Å². The van der Waals surface area contributed by atoms with Crippen molar-refractivity contribution in [1.82, 2.24) is 0 Å². The third-order valence-electron chi connectivity index (χ3n) is 3.35. The largest absolute Gasteiger partial charge is 0.286 e. The molecule has 0 unspecified atom stereocenters. The van der Waals surface area contributed by atoms with E-state index in [1.807, 2.05) is 18.2 Å². The van der Waals surface area contributed by atoms with Crippen LogP contribution in [0.3, 0.4) is 0 Å². The molecule has 0 saturated carbocycles. The molecule has 0 atom stereocenters. The summed E-state index contributed by atoms with van der Waals surface area (Å²) in [5.41, 5.74) is 0. The molecule has 1 aromatic heterocycles. The van der Waals surface area contributed by atoms with E-state index in [1.54, 1.807) is 0 Å². The first-order chi connectivity index (χ1) is 9.58. The van der Waals surface area contributed by atoms with Gasteiger partial charge in [0.2, 0.25) is 0 Å². The van der Waals surface area contributed by atoms with Crippen LogP contribution in [0.2, 0.25) is 0 Å². The van der Waals surface area contributed by atoms with Crippen molar-refractivity contribution >= 4 is 10.1 Å². The first kappa shape index (κ1) is 17.1. The summed E-state index contributed by atoms with van der Waals surface area (Å²) >= 11 is 0. The maximum absolute atomic E-state index is 10.5. The molecule has 0 fully saturated rings. The van der Waals surface area contributed by atoms with E-state index in [4.69, 9.17) is 4.55 Å². The minimum Gasteiger partial charge on any atom is -0.286 e. The van der Waals surface area contributed by atoms with Crippen LogP contribution in [0.25, 0.3) is 0 Å². The first-order valence-electron chi connectivity index (χ1n) is 7.47. The molecule has 1 rings (SSSR count). The van der Waals surface area contributed by atoms with Gasteiger partial charge < -0.3 is 0 Å². The number of nitrogens with zero attached hydrogens (tertiary/aromatic N) is 1. The highest BCUT2D eigenvalue weighted by molar-refractivity contribution is 7.85. The SMILES string of the molecule is O=S(=O)(O)CCCCCCCCCC[n+]1ccccc1. The van der Waals surface area contributed by atoms with Gasteiger partial charge in [-0.05, 0) is 12.8 Å². The van der Waals surface area contributed by atoms with E-state index >= 15 is 0 Å². The lowest BCUT2D eigenvalue weighted by Gasteiger charge is -2.01. The van der Waals surface area contributed by atoms with Crippen molar-refractivity contribution in [1.29, 1.82) is 0 Å². The fraction of sp³-hybridized carbons (Fsp3) is 0.667. The third kappa shape index (κ3) is 9.92. The van der Waals surface area contributed by atoms with Crippen molar-refractivity contribution in [2.24, 2.45) is 0 Å². The van der Waals surface area contributed by atoms with Crippen LogP contribution in [0.4, 0.5) is 0 Å². The molecule has 4 nitrogen and oxygen atoms in total. The Labute approximate surface area is 122 Å². The molecule has 1 aromatic rings. The average Bonchev–Trinajstić information content (AvgIpc) is 2.41. The number of hydrogen-bond donors (Lipinski definition) is 1. The Morgan fingerprint density at radius 1 is 0.750 bits per heavy atom. The standard InChI is InChI=1S/C15H25NO3S/c17-20(18,19)15-11-6-4-2-1-3-5-8-12-16-13-9-7-10-14-16/h7,9-10,13-14H,1-6,8,11-12,15H2/p+1. The highest BCUT2D eigenvalue weighted by Gasteiger charge is 2.03. The summed E-state index contributed by atoms with van der Waals surface area (Å²) in [6, 6.07) is 6.12. The number of hydrogen-bond acceptors (Lipinski definition) is 2. The highest BCUT2D eigenvalue weighted by Crippen LogP contribution is 2.09. The quantitative estimate of drug-likeness (QED) is 0.388. The van der Waals surface area contributed by atoms with Crippen molar-refractivity contribution in [2.45, 2.75) is 57.9 Å². The summed E-state index contributed by atoms with van der Waals surface area (Å²) in [6.45, 7) is 1.08. The van der Waals surface area contributed by atoms with Crippen LogP contribution < -0.4 is 4.57 Å². The van der Waals surface area contributed by atoms with E-state index in [9.17, 15) is 8.42 Å². The van der Waals surface area contributed by atoms with E-state index in [2.05, 4.69) is 17.0 Å². The van der Waals surface area contributed by atoms with Crippen LogP contribution in [-0.4, -0.2) is 18.7 Å². The monoisotopic (exact) mass is 300 g/mol. The molecule has 1 heterocycles. The van der Waals surface area contributed by atoms with Crippen LogP contribution in [0.1, 0.15) is 51.4 Å². The molecule has 20 heavy (non-hydrogen) atoms. The topological polar surface area (TPSA) is 58.3 Å². The average molecular weight is 300 g/mol. The lowest BCUT2D eigenvalue weighted by Crippen LogP contribution is -2.32. The van der Waals surface area contributed by atoms with Gasteiger partial charge in [0.25, 0.3) is 10.1 Å². The normalized spacial score (nSPS) is 11.7. The van der Waals surface area contributed by atoms with Crippen molar-refractivity contribution in [3.05, 3.63) is 30.6 Å². The molecule has 0 aliphatic rings. The molecule has 0 radical (unpaired) electrons. The van der Waals surface area contributed by atoms with Gasteiger partial charge in [0.05, 0.1) is 5.75 Å². The van der Waals surface area contributed by atoms with E-state index in [-0.39, 0.29) is 5.75 Å². The van der Waals surface area contributed by atoms with Crippen molar-refractivity contribution < 1.29 is 17.5 Å². The molecule has 0 aromatic carbocycles. The molecule has 0 aliphatic carbocycles. The third-order valence-corrected chi connectivity index (χ3v) is 4.15. The zero-order valence-corrected chi connectivity index (χ0v) is 12.9. The maximum Gasteiger partial charge on any atom is 0.264 e. The molecular weight excluding hydrogens is 274 g/mol. The fourth-order valence-electron chi connectivity index (χ4n) is 2.22. The predicted octanol–water partition coefficient (Wildman–Crippen LogP) is 2.98. The van der Waals surface area contributed by atoms with Crippen LogP contribution in [0.15, 0.2) is 30.6 Å². The molecule has 114 valence electrons. The summed E-state index contributed by atoms with van der Waals surface area (Å²) in [7, 11) is -3.76. The first-order valence-corrected chi connectivity index (χ1v) is 9.08. The van der Waals surface area contributed by atoms with Crippen LogP contribution in [0.5, 0.6) is 0 Å². The van der Waals surface area contributed by atoms with Gasteiger partial charge in [0.1, 0.15) is 6.54 Å². The molecule has 0 saturated heterocycles. The number of rotatable bonds is 11. The van der Waals surface area contributed by atoms with Gasteiger partial charge >= 0.3 is 0 Å². The molecule has 5 heteroatoms. The van der Waals surface area contributed by atoms with Crippen molar-refractivity contribution in [3.63, 3.8) is 0 Å². The van der Waals surface area contributed by atoms with E-state index < -0.39 is 10.1 Å². The number of pyridine rings is 1. The molecule has 0 spiro atoms. The van der Waals surface area contributed by atoms with Gasteiger partial charge in [-0.2, -0.15) is 8.42 Å². The summed E-state index contributed by atoms with van der Waals surface area (Å²) in [5.74, 6) is -0.0959. The summed E-state index contributed by atoms with van der Waals surface area (Å²) < 4.78 is 31.8. The summed E-state index contributed by atoms with van der Waals surface area (Å²) in [5, 5.41) is 0. The molecule has 1 N–H and O–H groups in total. The van der Waals surface area contributed by atoms with Crippen LogP contribution in [-0.2, 0) is 16.7 Å². The van der Waals surface area contributed by atoms with Gasteiger partial charge in [0.15, 0.2) is 12.4 Å². The Bertz CT molecular complexity index is 445. The minimum absolute atomic E-state index is 0.0959. The Morgan fingerprint density at radius 3 is 1.80 bits per heavy atom. The zero-order valence-electron chi connectivity index (χ0n) is 12.1. The number of unbranched alkanes of at least 4 members (excludes halogenated alkanes) is 7. The second-order valence-electron chi connectivity index (χ2n) is 5.23. The van der Waals surface area contributed by atoms with Crippen LogP contribution in [0, 0.1) is 0 Å². The van der Waals surface area contributed by atoms with Crippen molar-refractivity contribution in [2.75, 3.05) is 5.75 Å². The van der Waals surface area contributed by atoms with Gasteiger partial charge in [0, 0.05) is 18.6 Å². The summed E-state index contributed by atoms with van der Waals surface area (Å²) in [6.07, 6.45) is 12.8. The van der Waals surface area contributed by atoms with E-state index in [0.29, 0.717) is 6.42 Å². The zero-order chi connectivity index (χ0) is 14.7. The Hall–Kier alpha value is -0.940. The second-order valence-corrected chi connectivity index (χ2v) is 6.80. The highest BCUT2D eigenvalue weighted by atomic mass is 32.2. The van der Waals surface area contributed by atoms with Crippen molar-refractivity contribution in [3.8, 4) is 0 Å². The predicted molar refractivity (Wildman–Crippen MR) is 80.0 cm³/mol. The van der Waals surface area contributed by atoms with Crippen LogP contribution >= 0.6 is 0 Å². The molecule has 0 aliphatic heterocycles.